The van der Waals surface area contributed by atoms with Crippen molar-refractivity contribution in [3.63, 3.8) is 0 Å². The predicted molar refractivity (Wildman–Crippen MR) is 72.0 cm³/mol. The molecule has 0 aromatic carbocycles. The molecule has 0 aliphatic heterocycles. The maximum atomic E-state index is 12.2. The van der Waals surface area contributed by atoms with Gasteiger partial charge in [0.2, 0.25) is 0 Å². The Balaban J connectivity index is 1.97. The second kappa shape index (κ2) is 6.73. The molecule has 0 bridgehead atoms. The Kier molecular flexibility index (Phi) is 4.99. The van der Waals surface area contributed by atoms with E-state index in [9.17, 15) is 9.90 Å². The van der Waals surface area contributed by atoms with Gasteiger partial charge in [-0.3, -0.25) is 4.79 Å². The molecule has 1 aliphatic rings. The quantitative estimate of drug-likeness (QED) is 0.841. The number of methoxy groups -OCH3 is 1. The van der Waals surface area contributed by atoms with Gasteiger partial charge in [-0.15, -0.1) is 0 Å². The van der Waals surface area contributed by atoms with Gasteiger partial charge in [-0.2, -0.15) is 0 Å². The molecule has 1 amide bonds. The van der Waals surface area contributed by atoms with Crippen LogP contribution in [-0.2, 0) is 11.3 Å². The summed E-state index contributed by atoms with van der Waals surface area (Å²) < 4.78 is 6.89. The van der Waals surface area contributed by atoms with Crippen LogP contribution < -0.4 is 5.32 Å². The summed E-state index contributed by atoms with van der Waals surface area (Å²) in [5, 5.41) is 12.8. The normalized spacial score (nSPS) is 23.3. The van der Waals surface area contributed by atoms with Crippen LogP contribution in [0.4, 0.5) is 0 Å². The molecule has 5 heteroatoms. The Labute approximate surface area is 113 Å². The van der Waals surface area contributed by atoms with Gasteiger partial charge in [-0.1, -0.05) is 12.8 Å². The van der Waals surface area contributed by atoms with Crippen LogP contribution in [-0.4, -0.2) is 41.4 Å². The number of aromatic nitrogens is 1. The third-order valence-corrected chi connectivity index (χ3v) is 3.64. The third kappa shape index (κ3) is 3.58. The fourth-order valence-corrected chi connectivity index (χ4v) is 2.53. The fourth-order valence-electron chi connectivity index (χ4n) is 2.53. The highest BCUT2D eigenvalue weighted by molar-refractivity contribution is 5.93. The van der Waals surface area contributed by atoms with Crippen molar-refractivity contribution in [2.75, 3.05) is 13.7 Å². The Morgan fingerprint density at radius 2 is 2.32 bits per heavy atom. The number of ether oxygens (including phenoxy) is 1. The minimum atomic E-state index is -0.417. The lowest BCUT2D eigenvalue weighted by molar-refractivity contribution is 0.0709. The first kappa shape index (κ1) is 14.1. The van der Waals surface area contributed by atoms with Crippen LogP contribution in [0.3, 0.4) is 0 Å². The van der Waals surface area contributed by atoms with Crippen molar-refractivity contribution >= 4 is 5.91 Å². The zero-order valence-corrected chi connectivity index (χ0v) is 11.3. The van der Waals surface area contributed by atoms with Crippen LogP contribution in [0.25, 0.3) is 0 Å². The summed E-state index contributed by atoms with van der Waals surface area (Å²) in [4.78, 5) is 12.2. The smallest absolute Gasteiger partial charge is 0.268 e. The number of carbonyl (C=O) groups is 1. The van der Waals surface area contributed by atoms with Crippen LogP contribution in [0.15, 0.2) is 18.3 Å². The van der Waals surface area contributed by atoms with Gasteiger partial charge in [-0.25, -0.2) is 0 Å². The highest BCUT2D eigenvalue weighted by atomic mass is 16.5. The molecule has 1 heterocycles. The minimum absolute atomic E-state index is 0.118. The first-order valence-corrected chi connectivity index (χ1v) is 6.85. The second-order valence-corrected chi connectivity index (χ2v) is 5.01. The van der Waals surface area contributed by atoms with Crippen LogP contribution >= 0.6 is 0 Å². The van der Waals surface area contributed by atoms with E-state index in [1.165, 1.54) is 0 Å². The van der Waals surface area contributed by atoms with Crippen molar-refractivity contribution in [3.05, 3.63) is 24.0 Å². The van der Waals surface area contributed by atoms with E-state index in [-0.39, 0.29) is 11.9 Å². The lowest BCUT2D eigenvalue weighted by atomic mass is 9.92. The summed E-state index contributed by atoms with van der Waals surface area (Å²) in [6.45, 7) is 1.22. The van der Waals surface area contributed by atoms with Crippen LogP contribution in [0.1, 0.15) is 36.2 Å². The molecule has 1 aromatic rings. The van der Waals surface area contributed by atoms with E-state index in [2.05, 4.69) is 5.32 Å². The molecule has 1 aromatic heterocycles. The first-order chi connectivity index (χ1) is 9.22. The maximum Gasteiger partial charge on any atom is 0.268 e. The standard InChI is InChI=1S/C14H22N2O3/c1-19-10-9-16-8-4-6-12(16)14(18)15-11-5-2-3-7-13(11)17/h4,6,8,11,13,17H,2-3,5,7,9-10H2,1H3,(H,15,18)/t11-,13-/m0/s1. The molecule has 1 saturated carbocycles. The summed E-state index contributed by atoms with van der Waals surface area (Å²) in [5.41, 5.74) is 0.620. The monoisotopic (exact) mass is 266 g/mol. The fraction of sp³-hybridized carbons (Fsp3) is 0.643. The van der Waals surface area contributed by atoms with Crippen molar-refractivity contribution in [2.24, 2.45) is 0 Å². The van der Waals surface area contributed by atoms with E-state index in [4.69, 9.17) is 4.74 Å². The number of hydrogen-bond acceptors (Lipinski definition) is 3. The lowest BCUT2D eigenvalue weighted by Gasteiger charge is -2.28. The number of aliphatic hydroxyl groups excluding tert-OH is 1. The molecule has 0 spiro atoms. The van der Waals surface area contributed by atoms with Crippen LogP contribution in [0.5, 0.6) is 0 Å². The number of nitrogens with zero attached hydrogens (tertiary/aromatic N) is 1. The van der Waals surface area contributed by atoms with Crippen molar-refractivity contribution in [3.8, 4) is 0 Å². The van der Waals surface area contributed by atoms with Gasteiger partial charge in [0, 0.05) is 19.9 Å². The Morgan fingerprint density at radius 3 is 3.05 bits per heavy atom. The van der Waals surface area contributed by atoms with E-state index < -0.39 is 6.10 Å². The average molecular weight is 266 g/mol. The summed E-state index contributed by atoms with van der Waals surface area (Å²) in [5.74, 6) is -0.118. The summed E-state index contributed by atoms with van der Waals surface area (Å²) in [7, 11) is 1.64. The largest absolute Gasteiger partial charge is 0.391 e. The molecule has 19 heavy (non-hydrogen) atoms. The molecule has 0 unspecified atom stereocenters. The number of carbonyl (C=O) groups excluding carboxylic acids is 1. The van der Waals surface area contributed by atoms with Crippen LogP contribution in [0.2, 0.25) is 0 Å². The van der Waals surface area contributed by atoms with Gasteiger partial charge in [0.05, 0.1) is 18.8 Å². The Morgan fingerprint density at radius 1 is 1.53 bits per heavy atom. The van der Waals surface area contributed by atoms with Gasteiger partial charge in [0.1, 0.15) is 5.69 Å². The molecule has 2 atom stereocenters. The van der Waals surface area contributed by atoms with Gasteiger partial charge in [-0.05, 0) is 25.0 Å². The molecule has 1 aliphatic carbocycles. The number of amides is 1. The first-order valence-electron chi connectivity index (χ1n) is 6.85. The molecule has 5 nitrogen and oxygen atoms in total. The summed E-state index contributed by atoms with van der Waals surface area (Å²) in [6.07, 6.45) is 5.18. The number of nitrogens with one attached hydrogen (secondary N) is 1. The van der Waals surface area contributed by atoms with Crippen LogP contribution in [0, 0.1) is 0 Å². The Hall–Kier alpha value is -1.33. The minimum Gasteiger partial charge on any atom is -0.391 e. The van der Waals surface area contributed by atoms with Crippen molar-refractivity contribution in [1.82, 2.24) is 9.88 Å². The molecule has 0 saturated heterocycles. The summed E-state index contributed by atoms with van der Waals surface area (Å²) >= 11 is 0. The Bertz CT molecular complexity index is 417. The highest BCUT2D eigenvalue weighted by Crippen LogP contribution is 2.18. The van der Waals surface area contributed by atoms with Gasteiger partial charge < -0.3 is 19.7 Å². The summed E-state index contributed by atoms with van der Waals surface area (Å²) in [6, 6.07) is 3.52. The topological polar surface area (TPSA) is 63.5 Å². The van der Waals surface area contributed by atoms with E-state index in [1.807, 2.05) is 16.8 Å². The molecular weight excluding hydrogens is 244 g/mol. The van der Waals surface area contributed by atoms with Gasteiger partial charge >= 0.3 is 0 Å². The maximum absolute atomic E-state index is 12.2. The molecule has 2 N–H and O–H groups in total. The third-order valence-electron chi connectivity index (χ3n) is 3.64. The van der Waals surface area contributed by atoms with E-state index >= 15 is 0 Å². The van der Waals surface area contributed by atoms with E-state index in [0.29, 0.717) is 18.8 Å². The van der Waals surface area contributed by atoms with Gasteiger partial charge in [0.25, 0.3) is 5.91 Å². The SMILES string of the molecule is COCCn1cccc1C(=O)N[C@H]1CCCC[C@@H]1O. The zero-order chi connectivity index (χ0) is 13.7. The number of hydrogen-bond donors (Lipinski definition) is 2. The molecular formula is C14H22N2O3. The van der Waals surface area contributed by atoms with Crippen molar-refractivity contribution in [2.45, 2.75) is 44.4 Å². The van der Waals surface area contributed by atoms with E-state index in [1.54, 1.807) is 13.2 Å². The molecule has 0 radical (unpaired) electrons. The second-order valence-electron chi connectivity index (χ2n) is 5.01. The molecule has 106 valence electrons. The number of aliphatic hydroxyl groups is 1. The predicted octanol–water partition coefficient (Wildman–Crippen LogP) is 1.17. The molecule has 1 fully saturated rings. The van der Waals surface area contributed by atoms with Gasteiger partial charge in [0.15, 0.2) is 0 Å². The average Bonchev–Trinajstić information content (AvgIpc) is 2.87. The van der Waals surface area contributed by atoms with E-state index in [0.717, 1.165) is 25.7 Å². The van der Waals surface area contributed by atoms with Crippen molar-refractivity contribution in [1.29, 1.82) is 0 Å². The number of rotatable bonds is 5. The lowest BCUT2D eigenvalue weighted by Crippen LogP contribution is -2.45. The van der Waals surface area contributed by atoms with Crippen molar-refractivity contribution < 1.29 is 14.6 Å². The zero-order valence-electron chi connectivity index (χ0n) is 11.3. The highest BCUT2D eigenvalue weighted by Gasteiger charge is 2.25. The molecule has 2 rings (SSSR count).